The zero-order valence-electron chi connectivity index (χ0n) is 8.43. The molecule has 0 spiro atoms. The monoisotopic (exact) mass is 216 g/mol. The second-order valence-electron chi connectivity index (χ2n) is 3.36. The zero-order chi connectivity index (χ0) is 11.4. The van der Waals surface area contributed by atoms with Crippen LogP contribution in [-0.2, 0) is 6.42 Å². The molecule has 0 atom stereocenters. The summed E-state index contributed by atoms with van der Waals surface area (Å²) >= 11 is 0. The molecule has 1 aromatic carbocycles. The minimum Gasteiger partial charge on any atom is -0.294 e. The molecular weight excluding hydrogens is 207 g/mol. The molecule has 0 N–H and O–H groups in total. The highest BCUT2D eigenvalue weighted by molar-refractivity contribution is 5.97. The number of hydrogen-bond acceptors (Lipinski definition) is 3. The van der Waals surface area contributed by atoms with Crippen molar-refractivity contribution in [1.29, 1.82) is 0 Å². The Bertz CT molecular complexity index is 499. The topological polar surface area (TPSA) is 42.9 Å². The van der Waals surface area contributed by atoms with E-state index in [1.54, 1.807) is 18.2 Å². The fourth-order valence-electron chi connectivity index (χ4n) is 1.39. The van der Waals surface area contributed by atoms with E-state index in [0.29, 0.717) is 11.1 Å². The zero-order valence-corrected chi connectivity index (χ0v) is 8.43. The van der Waals surface area contributed by atoms with Gasteiger partial charge in [0.1, 0.15) is 5.82 Å². The Labute approximate surface area is 92.0 Å². The molecule has 1 heterocycles. The molecule has 80 valence electrons. The summed E-state index contributed by atoms with van der Waals surface area (Å²) in [6, 6.07) is 7.60. The standard InChI is InChI=1S/C12H9FN2O/c13-11-3-1-2-9(6-11)7-12(16)10-4-5-14-15-8-10/h1-6,8H,7H2. The Morgan fingerprint density at radius 2 is 2.12 bits per heavy atom. The van der Waals surface area contributed by atoms with Gasteiger partial charge in [-0.1, -0.05) is 12.1 Å². The highest BCUT2D eigenvalue weighted by Gasteiger charge is 2.07. The first-order chi connectivity index (χ1) is 7.75. The minimum absolute atomic E-state index is 0.0968. The molecule has 0 fully saturated rings. The Morgan fingerprint density at radius 3 is 2.81 bits per heavy atom. The van der Waals surface area contributed by atoms with Gasteiger partial charge in [0.25, 0.3) is 0 Å². The fraction of sp³-hybridized carbons (Fsp3) is 0.0833. The van der Waals surface area contributed by atoms with Crippen LogP contribution in [0.15, 0.2) is 42.7 Å². The molecule has 0 bridgehead atoms. The van der Waals surface area contributed by atoms with Gasteiger partial charge in [0.15, 0.2) is 5.78 Å². The van der Waals surface area contributed by atoms with E-state index < -0.39 is 0 Å². The minimum atomic E-state index is -0.335. The SMILES string of the molecule is O=C(Cc1cccc(F)c1)c1ccnnc1. The molecule has 0 saturated heterocycles. The van der Waals surface area contributed by atoms with E-state index in [4.69, 9.17) is 0 Å². The molecule has 0 unspecified atom stereocenters. The normalized spacial score (nSPS) is 10.1. The van der Waals surface area contributed by atoms with Crippen molar-refractivity contribution in [1.82, 2.24) is 10.2 Å². The van der Waals surface area contributed by atoms with Crippen molar-refractivity contribution in [2.75, 3.05) is 0 Å². The van der Waals surface area contributed by atoms with Gasteiger partial charge in [0.2, 0.25) is 0 Å². The molecule has 3 nitrogen and oxygen atoms in total. The van der Waals surface area contributed by atoms with Crippen molar-refractivity contribution >= 4 is 5.78 Å². The number of nitrogens with zero attached hydrogens (tertiary/aromatic N) is 2. The molecule has 1 aromatic heterocycles. The maximum atomic E-state index is 12.9. The summed E-state index contributed by atoms with van der Waals surface area (Å²) in [7, 11) is 0. The van der Waals surface area contributed by atoms with Gasteiger partial charge in [-0.15, -0.1) is 0 Å². The number of benzene rings is 1. The summed E-state index contributed by atoms with van der Waals surface area (Å²) in [5.74, 6) is -0.432. The molecule has 0 aliphatic rings. The maximum absolute atomic E-state index is 12.9. The summed E-state index contributed by atoms with van der Waals surface area (Å²) in [5, 5.41) is 7.21. The number of hydrogen-bond donors (Lipinski definition) is 0. The number of Topliss-reactive ketones (excluding diaryl/α,β-unsaturated/α-hetero) is 1. The van der Waals surface area contributed by atoms with Crippen LogP contribution in [0.5, 0.6) is 0 Å². The summed E-state index contributed by atoms with van der Waals surface area (Å²) in [6.07, 6.45) is 3.03. The highest BCUT2D eigenvalue weighted by atomic mass is 19.1. The van der Waals surface area contributed by atoms with Gasteiger partial charge in [-0.3, -0.25) is 4.79 Å². The highest BCUT2D eigenvalue weighted by Crippen LogP contribution is 2.08. The van der Waals surface area contributed by atoms with Crippen molar-refractivity contribution in [2.24, 2.45) is 0 Å². The third-order valence-electron chi connectivity index (χ3n) is 2.16. The van der Waals surface area contributed by atoms with E-state index >= 15 is 0 Å². The van der Waals surface area contributed by atoms with E-state index in [1.165, 1.54) is 24.5 Å². The van der Waals surface area contributed by atoms with Gasteiger partial charge in [0, 0.05) is 12.0 Å². The molecule has 2 aromatic rings. The summed E-state index contributed by atoms with van der Waals surface area (Å²) in [6.45, 7) is 0. The predicted molar refractivity (Wildman–Crippen MR) is 56.5 cm³/mol. The first kappa shape index (κ1) is 10.4. The van der Waals surface area contributed by atoms with Crippen LogP contribution in [0, 0.1) is 5.82 Å². The Morgan fingerprint density at radius 1 is 1.25 bits per heavy atom. The molecule has 0 aliphatic heterocycles. The fourth-order valence-corrected chi connectivity index (χ4v) is 1.39. The van der Waals surface area contributed by atoms with Gasteiger partial charge in [-0.25, -0.2) is 4.39 Å². The van der Waals surface area contributed by atoms with E-state index in [0.717, 1.165) is 0 Å². The van der Waals surface area contributed by atoms with Gasteiger partial charge >= 0.3 is 0 Å². The van der Waals surface area contributed by atoms with Crippen LogP contribution in [0.2, 0.25) is 0 Å². The first-order valence-electron chi connectivity index (χ1n) is 4.80. The lowest BCUT2D eigenvalue weighted by Crippen LogP contribution is -2.04. The van der Waals surface area contributed by atoms with Gasteiger partial charge in [-0.2, -0.15) is 10.2 Å². The van der Waals surface area contributed by atoms with E-state index in [2.05, 4.69) is 10.2 Å². The summed E-state index contributed by atoms with van der Waals surface area (Å²) in [5.41, 5.74) is 1.14. The Balaban J connectivity index is 2.14. The second kappa shape index (κ2) is 4.61. The Hall–Kier alpha value is -2.10. The Kier molecular flexibility index (Phi) is 3.00. The molecule has 0 radical (unpaired) electrons. The van der Waals surface area contributed by atoms with Crippen molar-refractivity contribution < 1.29 is 9.18 Å². The van der Waals surface area contributed by atoms with Crippen molar-refractivity contribution in [2.45, 2.75) is 6.42 Å². The van der Waals surface area contributed by atoms with Gasteiger partial charge < -0.3 is 0 Å². The third-order valence-corrected chi connectivity index (χ3v) is 2.16. The number of carbonyl (C=O) groups is 1. The molecule has 0 aliphatic carbocycles. The molecule has 0 saturated carbocycles. The third kappa shape index (κ3) is 2.48. The number of carbonyl (C=O) groups excluding carboxylic acids is 1. The quantitative estimate of drug-likeness (QED) is 0.737. The summed E-state index contributed by atoms with van der Waals surface area (Å²) < 4.78 is 12.9. The van der Waals surface area contributed by atoms with Crippen LogP contribution in [-0.4, -0.2) is 16.0 Å². The number of ketones is 1. The van der Waals surface area contributed by atoms with Crippen LogP contribution < -0.4 is 0 Å². The second-order valence-corrected chi connectivity index (χ2v) is 3.36. The number of rotatable bonds is 3. The lowest BCUT2D eigenvalue weighted by molar-refractivity contribution is 0.0992. The van der Waals surface area contributed by atoms with Gasteiger partial charge in [0.05, 0.1) is 12.4 Å². The molecule has 0 amide bonds. The largest absolute Gasteiger partial charge is 0.294 e. The van der Waals surface area contributed by atoms with Gasteiger partial charge in [-0.05, 0) is 23.8 Å². The average molecular weight is 216 g/mol. The average Bonchev–Trinajstić information content (AvgIpc) is 2.30. The lowest BCUT2D eigenvalue weighted by Gasteiger charge is -2.00. The van der Waals surface area contributed by atoms with Crippen LogP contribution >= 0.6 is 0 Å². The van der Waals surface area contributed by atoms with Crippen molar-refractivity contribution in [3.8, 4) is 0 Å². The molecular formula is C12H9FN2O. The van der Waals surface area contributed by atoms with E-state index in [1.807, 2.05) is 0 Å². The molecule has 16 heavy (non-hydrogen) atoms. The summed E-state index contributed by atoms with van der Waals surface area (Å²) in [4.78, 5) is 11.7. The molecule has 4 heteroatoms. The smallest absolute Gasteiger partial charge is 0.168 e. The van der Waals surface area contributed by atoms with Crippen LogP contribution in [0.1, 0.15) is 15.9 Å². The predicted octanol–water partition coefficient (Wildman–Crippen LogP) is 2.04. The van der Waals surface area contributed by atoms with Crippen LogP contribution in [0.4, 0.5) is 4.39 Å². The molecule has 2 rings (SSSR count). The van der Waals surface area contributed by atoms with E-state index in [-0.39, 0.29) is 18.0 Å². The van der Waals surface area contributed by atoms with Crippen molar-refractivity contribution in [3.63, 3.8) is 0 Å². The van der Waals surface area contributed by atoms with Crippen LogP contribution in [0.3, 0.4) is 0 Å². The maximum Gasteiger partial charge on any atom is 0.168 e. The van der Waals surface area contributed by atoms with E-state index in [9.17, 15) is 9.18 Å². The van der Waals surface area contributed by atoms with Crippen molar-refractivity contribution in [3.05, 3.63) is 59.7 Å². The lowest BCUT2D eigenvalue weighted by atomic mass is 10.1. The number of aromatic nitrogens is 2. The number of halogens is 1. The van der Waals surface area contributed by atoms with Crippen LogP contribution in [0.25, 0.3) is 0 Å². The first-order valence-corrected chi connectivity index (χ1v) is 4.80.